The molecule has 2 fully saturated rings. The quantitative estimate of drug-likeness (QED) is 0.548. The Morgan fingerprint density at radius 3 is 2.87 bits per heavy atom. The molecule has 0 amide bonds. The second-order valence-corrected chi connectivity index (χ2v) is 8.18. The van der Waals surface area contributed by atoms with E-state index < -0.39 is 5.60 Å². The molecular formula is C21H24O2. The topological polar surface area (TPSA) is 37.3 Å². The second kappa shape index (κ2) is 4.48. The molecule has 0 unspecified atom stereocenters. The molecule has 2 heteroatoms. The zero-order chi connectivity index (χ0) is 16.5. The molecule has 0 aromatic heterocycles. The summed E-state index contributed by atoms with van der Waals surface area (Å²) < 4.78 is 0. The van der Waals surface area contributed by atoms with E-state index in [2.05, 4.69) is 31.9 Å². The predicted octanol–water partition coefficient (Wildman–Crippen LogP) is 3.58. The number of fused-ring (bicyclic) bond motifs is 5. The molecule has 4 rings (SSSR count). The average molecular weight is 308 g/mol. The predicted molar refractivity (Wildman–Crippen MR) is 90.4 cm³/mol. The van der Waals surface area contributed by atoms with Crippen molar-refractivity contribution >= 4 is 5.78 Å². The van der Waals surface area contributed by atoms with Crippen LogP contribution in [0.5, 0.6) is 0 Å². The summed E-state index contributed by atoms with van der Waals surface area (Å²) in [6.45, 7) is 4.41. The summed E-state index contributed by atoms with van der Waals surface area (Å²) >= 11 is 0. The Kier molecular flexibility index (Phi) is 2.92. The molecule has 0 heterocycles. The van der Waals surface area contributed by atoms with E-state index in [1.165, 1.54) is 11.1 Å². The molecule has 4 aliphatic rings. The molecule has 0 aromatic rings. The number of rotatable bonds is 0. The molecule has 5 atom stereocenters. The van der Waals surface area contributed by atoms with Gasteiger partial charge in [0, 0.05) is 10.8 Å². The lowest BCUT2D eigenvalue weighted by atomic mass is 9.52. The highest BCUT2D eigenvalue weighted by molar-refractivity contribution is 6.01. The average Bonchev–Trinajstić information content (AvgIpc) is 2.80. The normalized spacial score (nSPS) is 47.8. The van der Waals surface area contributed by atoms with Crippen LogP contribution in [-0.2, 0) is 4.79 Å². The summed E-state index contributed by atoms with van der Waals surface area (Å²) in [5.74, 6) is 3.72. The van der Waals surface area contributed by atoms with Crippen LogP contribution in [0.15, 0.2) is 35.5 Å². The van der Waals surface area contributed by atoms with E-state index in [0.717, 1.165) is 25.7 Å². The first-order chi connectivity index (χ1) is 10.8. The second-order valence-electron chi connectivity index (χ2n) is 8.18. The minimum Gasteiger partial charge on any atom is -0.377 e. The largest absolute Gasteiger partial charge is 0.377 e. The van der Waals surface area contributed by atoms with Crippen LogP contribution in [0.3, 0.4) is 0 Å². The Morgan fingerprint density at radius 2 is 2.13 bits per heavy atom. The fourth-order valence-corrected chi connectivity index (χ4v) is 5.77. The number of aliphatic hydroxyl groups is 1. The minimum atomic E-state index is -0.977. The lowest BCUT2D eigenvalue weighted by molar-refractivity contribution is -0.110. The van der Waals surface area contributed by atoms with E-state index in [-0.39, 0.29) is 16.6 Å². The molecule has 0 radical (unpaired) electrons. The Labute approximate surface area is 138 Å². The molecule has 2 nitrogen and oxygen atoms in total. The van der Waals surface area contributed by atoms with Gasteiger partial charge in [0.05, 0.1) is 0 Å². The van der Waals surface area contributed by atoms with Gasteiger partial charge in [0.15, 0.2) is 5.78 Å². The van der Waals surface area contributed by atoms with Gasteiger partial charge in [0.25, 0.3) is 0 Å². The van der Waals surface area contributed by atoms with Crippen LogP contribution in [0.2, 0.25) is 0 Å². The fourth-order valence-electron chi connectivity index (χ4n) is 5.77. The van der Waals surface area contributed by atoms with Crippen LogP contribution in [0.25, 0.3) is 0 Å². The van der Waals surface area contributed by atoms with Crippen LogP contribution in [0, 0.1) is 35.0 Å². The van der Waals surface area contributed by atoms with Gasteiger partial charge in [-0.15, -0.1) is 6.42 Å². The SMILES string of the molecule is C#C[C@]1(O)CC[C@H]2[C@@H]3CCC4=CC(=O)C=C[C@]4(C)C3=CC[C@@]21C. The van der Waals surface area contributed by atoms with E-state index in [9.17, 15) is 9.90 Å². The van der Waals surface area contributed by atoms with E-state index in [4.69, 9.17) is 6.42 Å². The summed E-state index contributed by atoms with van der Waals surface area (Å²) in [4.78, 5) is 11.7. The Hall–Kier alpha value is -1.59. The van der Waals surface area contributed by atoms with Crippen molar-refractivity contribution in [1.29, 1.82) is 0 Å². The van der Waals surface area contributed by atoms with Crippen LogP contribution in [-0.4, -0.2) is 16.5 Å². The van der Waals surface area contributed by atoms with Gasteiger partial charge in [-0.3, -0.25) is 4.79 Å². The monoisotopic (exact) mass is 308 g/mol. The summed E-state index contributed by atoms with van der Waals surface area (Å²) in [5.41, 5.74) is 1.38. The first kappa shape index (κ1) is 15.0. The van der Waals surface area contributed by atoms with Crippen LogP contribution >= 0.6 is 0 Å². The van der Waals surface area contributed by atoms with Crippen LogP contribution in [0.1, 0.15) is 46.0 Å². The van der Waals surface area contributed by atoms with Gasteiger partial charge in [-0.05, 0) is 63.0 Å². The Bertz CT molecular complexity index is 719. The number of allylic oxidation sites excluding steroid dienone is 6. The molecule has 0 spiro atoms. The summed E-state index contributed by atoms with van der Waals surface area (Å²) in [6.07, 6.45) is 18.2. The smallest absolute Gasteiger partial charge is 0.178 e. The Morgan fingerprint density at radius 1 is 1.35 bits per heavy atom. The van der Waals surface area contributed by atoms with E-state index in [1.807, 2.05) is 6.08 Å². The Balaban J connectivity index is 1.80. The van der Waals surface area contributed by atoms with Crippen molar-refractivity contribution in [3.8, 4) is 12.3 Å². The number of carbonyl (C=O) groups excluding carboxylic acids is 1. The third-order valence-corrected chi connectivity index (χ3v) is 7.34. The van der Waals surface area contributed by atoms with Gasteiger partial charge < -0.3 is 5.11 Å². The number of carbonyl (C=O) groups is 1. The third kappa shape index (κ3) is 1.72. The number of ketones is 1. The number of hydrogen-bond acceptors (Lipinski definition) is 2. The van der Waals surface area contributed by atoms with Gasteiger partial charge in [0.2, 0.25) is 0 Å². The molecule has 4 aliphatic carbocycles. The number of terminal acetylenes is 1. The first-order valence-electron chi connectivity index (χ1n) is 8.69. The molecule has 2 saturated carbocycles. The van der Waals surface area contributed by atoms with Crippen molar-refractivity contribution < 1.29 is 9.90 Å². The van der Waals surface area contributed by atoms with E-state index in [1.54, 1.807) is 6.08 Å². The highest BCUT2D eigenvalue weighted by Crippen LogP contribution is 2.64. The van der Waals surface area contributed by atoms with Crippen molar-refractivity contribution in [2.24, 2.45) is 22.7 Å². The first-order valence-corrected chi connectivity index (χ1v) is 8.69. The summed E-state index contributed by atoms with van der Waals surface area (Å²) in [6, 6.07) is 0. The molecule has 0 bridgehead atoms. The highest BCUT2D eigenvalue weighted by Gasteiger charge is 2.61. The standard InChI is InChI=1S/C21H24O2/c1-4-21(23)12-9-18-16-6-5-14-13-15(22)7-10-19(14,2)17(16)8-11-20(18,21)3/h1,7-8,10,13,16,18,23H,5-6,9,11-12H2,2-3H3/t16-,18+,19+,20+,21+/m1/s1. The third-order valence-electron chi connectivity index (χ3n) is 7.34. The summed E-state index contributed by atoms with van der Waals surface area (Å²) in [7, 11) is 0. The van der Waals surface area contributed by atoms with Crippen LogP contribution in [0.4, 0.5) is 0 Å². The van der Waals surface area contributed by atoms with Gasteiger partial charge in [-0.25, -0.2) is 0 Å². The number of hydrogen-bond donors (Lipinski definition) is 1. The molecule has 23 heavy (non-hydrogen) atoms. The van der Waals surface area contributed by atoms with Crippen molar-refractivity contribution in [3.63, 3.8) is 0 Å². The molecule has 1 N–H and O–H groups in total. The van der Waals surface area contributed by atoms with Gasteiger partial charge in [-0.2, -0.15) is 0 Å². The maximum absolute atomic E-state index is 11.7. The zero-order valence-electron chi connectivity index (χ0n) is 13.9. The molecule has 120 valence electrons. The minimum absolute atomic E-state index is 0.111. The maximum atomic E-state index is 11.7. The van der Waals surface area contributed by atoms with Crippen molar-refractivity contribution in [1.82, 2.24) is 0 Å². The van der Waals surface area contributed by atoms with E-state index >= 15 is 0 Å². The van der Waals surface area contributed by atoms with E-state index in [0.29, 0.717) is 18.3 Å². The van der Waals surface area contributed by atoms with Gasteiger partial charge in [-0.1, -0.05) is 36.1 Å². The maximum Gasteiger partial charge on any atom is 0.178 e. The zero-order valence-corrected chi connectivity index (χ0v) is 13.9. The lowest BCUT2D eigenvalue weighted by Gasteiger charge is -2.53. The van der Waals surface area contributed by atoms with Gasteiger partial charge >= 0.3 is 0 Å². The molecular weight excluding hydrogens is 284 g/mol. The molecule has 0 aromatic carbocycles. The lowest BCUT2D eigenvalue weighted by Crippen LogP contribution is -2.49. The molecule has 0 aliphatic heterocycles. The highest BCUT2D eigenvalue weighted by atomic mass is 16.3. The fraction of sp³-hybridized carbons (Fsp3) is 0.571. The van der Waals surface area contributed by atoms with Crippen LogP contribution < -0.4 is 0 Å². The van der Waals surface area contributed by atoms with Crippen molar-refractivity contribution in [2.75, 3.05) is 0 Å². The van der Waals surface area contributed by atoms with Crippen molar-refractivity contribution in [3.05, 3.63) is 35.5 Å². The summed E-state index contributed by atoms with van der Waals surface area (Å²) in [5, 5.41) is 10.9. The molecule has 0 saturated heterocycles. The van der Waals surface area contributed by atoms with Gasteiger partial charge in [0.1, 0.15) is 5.60 Å². The van der Waals surface area contributed by atoms with Crippen molar-refractivity contribution in [2.45, 2.75) is 51.6 Å².